The minimum absolute atomic E-state index is 0.153. The summed E-state index contributed by atoms with van der Waals surface area (Å²) in [4.78, 5) is 35.3. The molecule has 22 heavy (non-hydrogen) atoms. The van der Waals surface area contributed by atoms with Crippen LogP contribution in [0.15, 0.2) is 29.1 Å². The predicted molar refractivity (Wildman–Crippen MR) is 76.2 cm³/mol. The molecule has 0 unspecified atom stereocenters. The largest absolute Gasteiger partial charge is 0.543 e. The van der Waals surface area contributed by atoms with Gasteiger partial charge in [-0.15, -0.1) is 0 Å². The smallest absolute Gasteiger partial charge is 0.328 e. The number of rotatable bonds is 3. The molecule has 0 fully saturated rings. The zero-order valence-corrected chi connectivity index (χ0v) is 12.5. The topological polar surface area (TPSA) is 101 Å². The molecule has 7 nitrogen and oxygen atoms in total. The van der Waals surface area contributed by atoms with E-state index < -0.39 is 35.3 Å². The van der Waals surface area contributed by atoms with Gasteiger partial charge in [-0.25, -0.2) is 4.68 Å². The number of aromatic nitrogens is 2. The highest BCUT2D eigenvalue weighted by Gasteiger charge is 2.19. The zero-order valence-electron chi connectivity index (χ0n) is 12.5. The molecule has 0 aliphatic heterocycles. The van der Waals surface area contributed by atoms with Crippen molar-refractivity contribution in [1.82, 2.24) is 9.78 Å². The van der Waals surface area contributed by atoms with Gasteiger partial charge in [-0.05, 0) is 26.8 Å². The van der Waals surface area contributed by atoms with Gasteiger partial charge in [-0.2, -0.15) is 5.10 Å². The van der Waals surface area contributed by atoms with Crippen molar-refractivity contribution >= 4 is 22.7 Å². The summed E-state index contributed by atoms with van der Waals surface area (Å²) in [7, 11) is 0. The summed E-state index contributed by atoms with van der Waals surface area (Å²) in [5.74, 6) is -2.20. The highest BCUT2D eigenvalue weighted by molar-refractivity contribution is 6.00. The van der Waals surface area contributed by atoms with Crippen molar-refractivity contribution in [2.24, 2.45) is 0 Å². The Labute approximate surface area is 126 Å². The Morgan fingerprint density at radius 3 is 2.36 bits per heavy atom. The van der Waals surface area contributed by atoms with Gasteiger partial charge in [0.25, 0.3) is 5.56 Å². The fraction of sp³-hybridized carbons (Fsp3) is 0.333. The molecule has 0 aliphatic rings. The molecule has 0 saturated carbocycles. The molecule has 0 N–H and O–H groups in total. The molecule has 0 atom stereocenters. The lowest BCUT2D eigenvalue weighted by Crippen LogP contribution is -2.34. The maximum atomic E-state index is 12.3. The number of esters is 1. The third kappa shape index (κ3) is 3.30. The maximum absolute atomic E-state index is 12.3. The van der Waals surface area contributed by atoms with Crippen LogP contribution in [-0.4, -0.2) is 27.3 Å². The average molecular weight is 303 g/mol. The van der Waals surface area contributed by atoms with E-state index in [1.807, 2.05) is 0 Å². The molecule has 0 aliphatic carbocycles. The van der Waals surface area contributed by atoms with Crippen LogP contribution in [0, 0.1) is 0 Å². The van der Waals surface area contributed by atoms with Crippen molar-refractivity contribution < 1.29 is 19.4 Å². The molecule has 2 aromatic rings. The van der Waals surface area contributed by atoms with Crippen LogP contribution in [0.1, 0.15) is 31.3 Å². The van der Waals surface area contributed by atoms with Gasteiger partial charge in [0.05, 0.1) is 11.4 Å². The Morgan fingerprint density at radius 2 is 1.82 bits per heavy atom. The molecule has 0 saturated heterocycles. The first-order valence-corrected chi connectivity index (χ1v) is 6.62. The lowest BCUT2D eigenvalue weighted by molar-refractivity contribution is -0.255. The summed E-state index contributed by atoms with van der Waals surface area (Å²) >= 11 is 0. The summed E-state index contributed by atoms with van der Waals surface area (Å²) < 4.78 is 5.89. The molecule has 116 valence electrons. The van der Waals surface area contributed by atoms with Crippen LogP contribution < -0.4 is 10.7 Å². The lowest BCUT2D eigenvalue weighted by atomic mass is 10.1. The van der Waals surface area contributed by atoms with Gasteiger partial charge in [-0.1, -0.05) is 18.2 Å². The number of fused-ring (bicyclic) bond motifs is 1. The Bertz CT molecular complexity index is 802. The van der Waals surface area contributed by atoms with Crippen molar-refractivity contribution in [3.63, 3.8) is 0 Å². The third-order valence-electron chi connectivity index (χ3n) is 2.76. The molecule has 1 aromatic carbocycles. The van der Waals surface area contributed by atoms with Gasteiger partial charge < -0.3 is 14.6 Å². The monoisotopic (exact) mass is 303 g/mol. The second-order valence-electron chi connectivity index (χ2n) is 5.73. The van der Waals surface area contributed by atoms with Crippen LogP contribution in [0.4, 0.5) is 0 Å². The van der Waals surface area contributed by atoms with Gasteiger partial charge in [0.15, 0.2) is 0 Å². The van der Waals surface area contributed by atoms with E-state index >= 15 is 0 Å². The van der Waals surface area contributed by atoms with Crippen LogP contribution in [-0.2, 0) is 16.1 Å². The lowest BCUT2D eigenvalue weighted by Gasteiger charge is -2.19. The van der Waals surface area contributed by atoms with E-state index in [0.29, 0.717) is 0 Å². The molecule has 1 aromatic heterocycles. The molecule has 7 heteroatoms. The van der Waals surface area contributed by atoms with Gasteiger partial charge in [-0.3, -0.25) is 9.59 Å². The second kappa shape index (κ2) is 5.59. The minimum atomic E-state index is -1.52. The third-order valence-corrected chi connectivity index (χ3v) is 2.76. The number of hydrogen-bond donors (Lipinski definition) is 0. The number of ether oxygens (including phenoxy) is 1. The molecular formula is C15H15N2O5-. The van der Waals surface area contributed by atoms with Gasteiger partial charge >= 0.3 is 5.97 Å². The van der Waals surface area contributed by atoms with Crippen molar-refractivity contribution in [2.45, 2.75) is 32.9 Å². The summed E-state index contributed by atoms with van der Waals surface area (Å²) in [5, 5.41) is 15.2. The number of carbonyl (C=O) groups excluding carboxylic acids is 2. The van der Waals surface area contributed by atoms with Gasteiger partial charge in [0.1, 0.15) is 17.8 Å². The Hall–Kier alpha value is -2.70. The predicted octanol–water partition coefficient (Wildman–Crippen LogP) is 0.102. The van der Waals surface area contributed by atoms with Crippen LogP contribution in [0.5, 0.6) is 0 Å². The van der Waals surface area contributed by atoms with E-state index in [9.17, 15) is 19.5 Å². The molecule has 0 radical (unpaired) electrons. The molecule has 2 rings (SSSR count). The minimum Gasteiger partial charge on any atom is -0.543 e. The highest BCUT2D eigenvalue weighted by Crippen LogP contribution is 2.13. The molecular weight excluding hydrogens is 288 g/mol. The number of carbonyl (C=O) groups is 2. The molecule has 0 amide bonds. The fourth-order valence-corrected chi connectivity index (χ4v) is 1.99. The van der Waals surface area contributed by atoms with Crippen molar-refractivity contribution in [3.05, 3.63) is 40.3 Å². The molecule has 0 bridgehead atoms. The van der Waals surface area contributed by atoms with E-state index in [1.165, 1.54) is 12.1 Å². The number of nitrogens with zero attached hydrogens (tertiary/aromatic N) is 2. The molecule has 0 spiro atoms. The number of hydrogen-bond acceptors (Lipinski definition) is 6. The van der Waals surface area contributed by atoms with Crippen molar-refractivity contribution in [3.8, 4) is 0 Å². The summed E-state index contributed by atoms with van der Waals surface area (Å²) in [6, 6.07) is 6.12. The highest BCUT2D eigenvalue weighted by atomic mass is 16.6. The number of carboxylic acids is 1. The van der Waals surface area contributed by atoms with E-state index in [2.05, 4.69) is 5.10 Å². The van der Waals surface area contributed by atoms with Gasteiger partial charge in [0.2, 0.25) is 0 Å². The maximum Gasteiger partial charge on any atom is 0.328 e. The molecule has 1 heterocycles. The summed E-state index contributed by atoms with van der Waals surface area (Å²) in [6.07, 6.45) is 0. The Kier molecular flexibility index (Phi) is 3.99. The van der Waals surface area contributed by atoms with E-state index in [-0.39, 0.29) is 10.8 Å². The second-order valence-corrected chi connectivity index (χ2v) is 5.73. The SMILES string of the molecule is CC(C)(C)OC(=O)Cn1nc(C(=O)[O-])c2ccccc2c1=O. The van der Waals surface area contributed by atoms with Gasteiger partial charge in [0, 0.05) is 5.39 Å². The van der Waals surface area contributed by atoms with E-state index in [0.717, 1.165) is 4.68 Å². The Balaban J connectivity index is 2.51. The van der Waals surface area contributed by atoms with E-state index in [1.54, 1.807) is 32.9 Å². The van der Waals surface area contributed by atoms with Crippen LogP contribution in [0.25, 0.3) is 10.8 Å². The standard InChI is InChI=1S/C15H16N2O5/c1-15(2,3)22-11(18)8-17-13(19)10-7-5-4-6-9(10)12(16-17)14(20)21/h4-7H,8H2,1-3H3,(H,20,21)/p-1. The first-order valence-electron chi connectivity index (χ1n) is 6.62. The van der Waals surface area contributed by atoms with Crippen molar-refractivity contribution in [2.75, 3.05) is 0 Å². The summed E-state index contributed by atoms with van der Waals surface area (Å²) in [6.45, 7) is 4.59. The number of benzene rings is 1. The van der Waals surface area contributed by atoms with Crippen LogP contribution in [0.3, 0.4) is 0 Å². The van der Waals surface area contributed by atoms with Crippen molar-refractivity contribution in [1.29, 1.82) is 0 Å². The first kappa shape index (κ1) is 15.7. The van der Waals surface area contributed by atoms with Crippen LogP contribution in [0.2, 0.25) is 0 Å². The van der Waals surface area contributed by atoms with Crippen LogP contribution >= 0.6 is 0 Å². The average Bonchev–Trinajstić information content (AvgIpc) is 2.39. The Morgan fingerprint density at radius 1 is 1.23 bits per heavy atom. The fourth-order valence-electron chi connectivity index (χ4n) is 1.99. The number of aromatic carboxylic acids is 1. The quantitative estimate of drug-likeness (QED) is 0.745. The van der Waals surface area contributed by atoms with E-state index in [4.69, 9.17) is 4.74 Å². The zero-order chi connectivity index (χ0) is 16.5. The normalized spacial score (nSPS) is 11.4. The summed E-state index contributed by atoms with van der Waals surface area (Å²) in [5.41, 5.74) is -1.67. The first-order chi connectivity index (χ1) is 10.2. The number of carboxylic acid groups (broad SMARTS) is 1.